The van der Waals surface area contributed by atoms with Crippen LogP contribution in [0.4, 0.5) is 13.2 Å². The number of nitrogens with zero attached hydrogens (tertiary/aromatic N) is 1. The zero-order chi connectivity index (χ0) is 18.7. The number of amides is 1. The highest BCUT2D eigenvalue weighted by molar-refractivity contribution is 6.32. The van der Waals surface area contributed by atoms with Gasteiger partial charge in [-0.3, -0.25) is 4.79 Å². The molecule has 5 nitrogen and oxygen atoms in total. The number of ether oxygens (including phenoxy) is 2. The molecule has 0 fully saturated rings. The quantitative estimate of drug-likeness (QED) is 0.855. The minimum absolute atomic E-state index is 0.116. The maximum Gasteiger partial charge on any atom is 0.422 e. The Labute approximate surface area is 152 Å². The predicted molar refractivity (Wildman–Crippen MR) is 87.7 cm³/mol. The number of carbonyl (C=O) groups excluding carboxylic acids is 1. The van der Waals surface area contributed by atoms with E-state index in [1.54, 1.807) is 0 Å². The van der Waals surface area contributed by atoms with Crippen molar-refractivity contribution in [2.45, 2.75) is 18.7 Å². The summed E-state index contributed by atoms with van der Waals surface area (Å²) in [5.41, 5.74) is 1.19. The van der Waals surface area contributed by atoms with Gasteiger partial charge in [0, 0.05) is 12.6 Å². The molecular formula is C17H14ClF3N2O3. The molecule has 0 bridgehead atoms. The van der Waals surface area contributed by atoms with Crippen LogP contribution in [0.3, 0.4) is 0 Å². The van der Waals surface area contributed by atoms with E-state index < -0.39 is 18.7 Å². The van der Waals surface area contributed by atoms with Gasteiger partial charge in [0.05, 0.1) is 12.1 Å². The van der Waals surface area contributed by atoms with Crippen LogP contribution >= 0.6 is 11.6 Å². The number of hydrogen-bond donors (Lipinski definition) is 1. The number of rotatable bonds is 5. The second-order valence-corrected chi connectivity index (χ2v) is 6.08. The molecule has 138 valence electrons. The van der Waals surface area contributed by atoms with Gasteiger partial charge in [0.2, 0.25) is 5.88 Å². The van der Waals surface area contributed by atoms with Gasteiger partial charge in [0.25, 0.3) is 5.91 Å². The van der Waals surface area contributed by atoms with Gasteiger partial charge in [-0.1, -0.05) is 29.8 Å². The number of aromatic nitrogens is 1. The Morgan fingerprint density at radius 3 is 2.85 bits per heavy atom. The molecular weight excluding hydrogens is 373 g/mol. The first kappa shape index (κ1) is 18.3. The van der Waals surface area contributed by atoms with Crippen LogP contribution in [0, 0.1) is 0 Å². The lowest BCUT2D eigenvalue weighted by molar-refractivity contribution is -0.154. The van der Waals surface area contributed by atoms with Crippen molar-refractivity contribution in [3.05, 3.63) is 52.7 Å². The Bertz CT molecular complexity index is 789. The standard InChI is InChI=1S/C17H14ClF3N2O3/c18-13-6-11(7-23-16(13)25-9-17(19,20)21)15(24)22-8-12-5-10-3-1-2-4-14(10)26-12/h1-4,6-7,12H,5,8-9H2,(H,22,24)/t12-/m0/s1. The molecule has 0 unspecified atom stereocenters. The Morgan fingerprint density at radius 2 is 2.15 bits per heavy atom. The fourth-order valence-electron chi connectivity index (χ4n) is 2.48. The highest BCUT2D eigenvalue weighted by atomic mass is 35.5. The lowest BCUT2D eigenvalue weighted by Crippen LogP contribution is -2.34. The molecule has 0 spiro atoms. The summed E-state index contributed by atoms with van der Waals surface area (Å²) < 4.78 is 46.7. The van der Waals surface area contributed by atoms with E-state index in [1.165, 1.54) is 6.07 Å². The van der Waals surface area contributed by atoms with Crippen molar-refractivity contribution in [1.82, 2.24) is 10.3 Å². The monoisotopic (exact) mass is 386 g/mol. The van der Waals surface area contributed by atoms with Crippen LogP contribution in [0.1, 0.15) is 15.9 Å². The van der Waals surface area contributed by atoms with Gasteiger partial charge < -0.3 is 14.8 Å². The molecule has 26 heavy (non-hydrogen) atoms. The normalized spacial score (nSPS) is 15.9. The summed E-state index contributed by atoms with van der Waals surface area (Å²) >= 11 is 5.83. The summed E-state index contributed by atoms with van der Waals surface area (Å²) in [6.07, 6.45) is -2.90. The number of para-hydroxylation sites is 1. The van der Waals surface area contributed by atoms with Gasteiger partial charge in [0.1, 0.15) is 16.9 Å². The minimum Gasteiger partial charge on any atom is -0.488 e. The van der Waals surface area contributed by atoms with E-state index in [1.807, 2.05) is 24.3 Å². The van der Waals surface area contributed by atoms with Gasteiger partial charge in [-0.2, -0.15) is 13.2 Å². The number of benzene rings is 1. The molecule has 1 amide bonds. The summed E-state index contributed by atoms with van der Waals surface area (Å²) in [6, 6.07) is 8.82. The van der Waals surface area contributed by atoms with Crippen molar-refractivity contribution in [3.63, 3.8) is 0 Å². The lowest BCUT2D eigenvalue weighted by Gasteiger charge is -2.13. The topological polar surface area (TPSA) is 60.5 Å². The fraction of sp³-hybridized carbons (Fsp3) is 0.294. The van der Waals surface area contributed by atoms with Crippen LogP contribution < -0.4 is 14.8 Å². The van der Waals surface area contributed by atoms with Crippen molar-refractivity contribution in [2.75, 3.05) is 13.2 Å². The van der Waals surface area contributed by atoms with Crippen molar-refractivity contribution in [3.8, 4) is 11.6 Å². The molecule has 2 aromatic rings. The van der Waals surface area contributed by atoms with E-state index in [9.17, 15) is 18.0 Å². The number of fused-ring (bicyclic) bond motifs is 1. The Morgan fingerprint density at radius 1 is 1.38 bits per heavy atom. The maximum absolute atomic E-state index is 12.2. The van der Waals surface area contributed by atoms with Crippen molar-refractivity contribution >= 4 is 17.5 Å². The van der Waals surface area contributed by atoms with Crippen LogP contribution in [-0.2, 0) is 6.42 Å². The molecule has 0 aliphatic carbocycles. The van der Waals surface area contributed by atoms with Crippen molar-refractivity contribution in [2.24, 2.45) is 0 Å². The molecule has 9 heteroatoms. The number of carbonyl (C=O) groups is 1. The van der Waals surface area contributed by atoms with Gasteiger partial charge in [-0.25, -0.2) is 4.98 Å². The Balaban J connectivity index is 1.54. The highest BCUT2D eigenvalue weighted by Gasteiger charge is 2.29. The average Bonchev–Trinajstić information content (AvgIpc) is 3.00. The third kappa shape index (κ3) is 4.57. The summed E-state index contributed by atoms with van der Waals surface area (Å²) in [7, 11) is 0. The minimum atomic E-state index is -4.50. The van der Waals surface area contributed by atoms with Crippen molar-refractivity contribution < 1.29 is 27.4 Å². The molecule has 0 radical (unpaired) electrons. The lowest BCUT2D eigenvalue weighted by atomic mass is 10.1. The summed E-state index contributed by atoms with van der Waals surface area (Å²) in [6.45, 7) is -1.23. The molecule has 1 N–H and O–H groups in total. The zero-order valence-corrected chi connectivity index (χ0v) is 14.1. The number of hydrogen-bond acceptors (Lipinski definition) is 4. The second-order valence-electron chi connectivity index (χ2n) is 5.68. The molecule has 1 aliphatic heterocycles. The van der Waals surface area contributed by atoms with E-state index in [-0.39, 0.29) is 29.1 Å². The third-order valence-electron chi connectivity index (χ3n) is 3.65. The fourth-order valence-corrected chi connectivity index (χ4v) is 2.70. The summed E-state index contributed by atoms with van der Waals surface area (Å²) in [5.74, 6) is -0.0425. The van der Waals surface area contributed by atoms with Crippen LogP contribution in [-0.4, -0.2) is 36.3 Å². The van der Waals surface area contributed by atoms with Gasteiger partial charge in [-0.05, 0) is 17.7 Å². The second kappa shape index (κ2) is 7.41. The first-order valence-electron chi connectivity index (χ1n) is 7.70. The molecule has 3 rings (SSSR count). The van der Waals surface area contributed by atoms with Gasteiger partial charge in [0.15, 0.2) is 6.61 Å². The van der Waals surface area contributed by atoms with Crippen LogP contribution in [0.5, 0.6) is 11.6 Å². The summed E-state index contributed by atoms with van der Waals surface area (Å²) in [4.78, 5) is 15.8. The number of halogens is 4. The molecule has 1 aromatic heterocycles. The first-order chi connectivity index (χ1) is 12.3. The maximum atomic E-state index is 12.2. The predicted octanol–water partition coefficient (Wildman–Crippen LogP) is 3.41. The average molecular weight is 387 g/mol. The third-order valence-corrected chi connectivity index (χ3v) is 3.92. The molecule has 0 saturated heterocycles. The number of alkyl halides is 3. The van der Waals surface area contributed by atoms with Gasteiger partial charge in [-0.15, -0.1) is 0 Å². The van der Waals surface area contributed by atoms with Crippen LogP contribution in [0.15, 0.2) is 36.5 Å². The smallest absolute Gasteiger partial charge is 0.422 e. The van der Waals surface area contributed by atoms with Crippen molar-refractivity contribution in [1.29, 1.82) is 0 Å². The van der Waals surface area contributed by atoms with Gasteiger partial charge >= 0.3 is 6.18 Å². The van der Waals surface area contributed by atoms with E-state index >= 15 is 0 Å². The molecule has 0 saturated carbocycles. The molecule has 1 atom stereocenters. The largest absolute Gasteiger partial charge is 0.488 e. The first-order valence-corrected chi connectivity index (χ1v) is 8.07. The zero-order valence-electron chi connectivity index (χ0n) is 13.3. The van der Waals surface area contributed by atoms with E-state index in [0.29, 0.717) is 6.42 Å². The Hall–Kier alpha value is -2.48. The molecule has 1 aliphatic rings. The number of nitrogens with one attached hydrogen (secondary N) is 1. The van der Waals surface area contributed by atoms with Crippen LogP contribution in [0.2, 0.25) is 5.02 Å². The molecule has 1 aromatic carbocycles. The SMILES string of the molecule is O=C(NC[C@@H]1Cc2ccccc2O1)c1cnc(OCC(F)(F)F)c(Cl)c1. The molecule has 2 heterocycles. The highest BCUT2D eigenvalue weighted by Crippen LogP contribution is 2.28. The summed E-state index contributed by atoms with van der Waals surface area (Å²) in [5, 5.41) is 2.52. The van der Waals surface area contributed by atoms with Crippen LogP contribution in [0.25, 0.3) is 0 Å². The van der Waals surface area contributed by atoms with E-state index in [4.69, 9.17) is 16.3 Å². The Kier molecular flexibility index (Phi) is 5.22. The van der Waals surface area contributed by atoms with E-state index in [2.05, 4.69) is 15.0 Å². The number of pyridine rings is 1. The van der Waals surface area contributed by atoms with E-state index in [0.717, 1.165) is 17.5 Å².